The van der Waals surface area contributed by atoms with E-state index in [0.29, 0.717) is 11.5 Å². The smallest absolute Gasteiger partial charge is 0.339 e. The fourth-order valence-corrected chi connectivity index (χ4v) is 2.33. The lowest BCUT2D eigenvalue weighted by Gasteiger charge is -2.16. The number of benzene rings is 2. The van der Waals surface area contributed by atoms with E-state index in [9.17, 15) is 14.4 Å². The second-order valence-corrected chi connectivity index (χ2v) is 5.67. The highest BCUT2D eigenvalue weighted by atomic mass is 16.5. The van der Waals surface area contributed by atoms with Crippen LogP contribution in [0.3, 0.4) is 0 Å². The lowest BCUT2D eigenvalue weighted by Crippen LogP contribution is -2.31. The molecule has 0 bridgehead atoms. The predicted molar refractivity (Wildman–Crippen MR) is 101 cm³/mol. The number of hydrogen-bond acceptors (Lipinski definition) is 7. The van der Waals surface area contributed by atoms with Crippen molar-refractivity contribution in [2.75, 3.05) is 26.6 Å². The molecule has 1 atom stereocenters. The minimum absolute atomic E-state index is 0.0974. The second-order valence-electron chi connectivity index (χ2n) is 5.67. The molecule has 28 heavy (non-hydrogen) atoms. The molecular weight excluding hydrogens is 366 g/mol. The Morgan fingerprint density at radius 2 is 1.46 bits per heavy atom. The molecule has 2 rings (SSSR count). The minimum Gasteiger partial charge on any atom is -0.497 e. The number of carbonyl (C=O) groups excluding carboxylic acids is 3. The third kappa shape index (κ3) is 5.00. The first-order valence-corrected chi connectivity index (χ1v) is 8.31. The van der Waals surface area contributed by atoms with Gasteiger partial charge in [0.2, 0.25) is 0 Å². The van der Waals surface area contributed by atoms with Crippen molar-refractivity contribution in [3.05, 3.63) is 53.6 Å². The van der Waals surface area contributed by atoms with Crippen LogP contribution in [0.5, 0.6) is 11.5 Å². The number of nitrogens with one attached hydrogen (secondary N) is 1. The van der Waals surface area contributed by atoms with Crippen LogP contribution in [0.25, 0.3) is 0 Å². The van der Waals surface area contributed by atoms with Gasteiger partial charge in [0.05, 0.1) is 38.1 Å². The number of esters is 2. The second kappa shape index (κ2) is 9.40. The third-order valence-electron chi connectivity index (χ3n) is 3.85. The van der Waals surface area contributed by atoms with E-state index < -0.39 is 23.9 Å². The van der Waals surface area contributed by atoms with E-state index in [-0.39, 0.29) is 16.8 Å². The van der Waals surface area contributed by atoms with Crippen molar-refractivity contribution in [3.8, 4) is 11.5 Å². The minimum atomic E-state index is -0.874. The van der Waals surface area contributed by atoms with Gasteiger partial charge in [0, 0.05) is 0 Å². The number of hydrogen-bond donors (Lipinski definition) is 1. The third-order valence-corrected chi connectivity index (χ3v) is 3.85. The number of carbonyl (C=O) groups is 3. The summed E-state index contributed by atoms with van der Waals surface area (Å²) >= 11 is 0. The molecule has 0 unspecified atom stereocenters. The van der Waals surface area contributed by atoms with Crippen molar-refractivity contribution in [2.45, 2.75) is 13.0 Å². The van der Waals surface area contributed by atoms with Crippen molar-refractivity contribution in [1.29, 1.82) is 0 Å². The van der Waals surface area contributed by atoms with Crippen molar-refractivity contribution < 1.29 is 33.3 Å². The van der Waals surface area contributed by atoms with Gasteiger partial charge in [-0.2, -0.15) is 0 Å². The molecule has 0 aliphatic heterocycles. The normalized spacial score (nSPS) is 11.1. The van der Waals surface area contributed by atoms with Crippen LogP contribution in [0, 0.1) is 0 Å². The van der Waals surface area contributed by atoms with Crippen molar-refractivity contribution in [2.24, 2.45) is 0 Å². The maximum Gasteiger partial charge on any atom is 0.339 e. The van der Waals surface area contributed by atoms with Crippen molar-refractivity contribution >= 4 is 23.5 Å². The van der Waals surface area contributed by atoms with Gasteiger partial charge in [-0.15, -0.1) is 0 Å². The zero-order valence-corrected chi connectivity index (χ0v) is 16.0. The topological polar surface area (TPSA) is 100 Å². The monoisotopic (exact) mass is 387 g/mol. The Bertz CT molecular complexity index is 861. The van der Waals surface area contributed by atoms with Crippen LogP contribution in [0.4, 0.5) is 5.69 Å². The Hall–Kier alpha value is -3.55. The summed E-state index contributed by atoms with van der Waals surface area (Å²) in [5.41, 5.74) is 0.388. The Morgan fingerprint density at radius 3 is 2.04 bits per heavy atom. The molecule has 2 aromatic rings. The Labute approximate surface area is 162 Å². The van der Waals surface area contributed by atoms with Gasteiger partial charge in [-0.05, 0) is 49.4 Å². The summed E-state index contributed by atoms with van der Waals surface area (Å²) in [4.78, 5) is 36.2. The summed E-state index contributed by atoms with van der Waals surface area (Å²) in [5, 5.41) is 2.59. The lowest BCUT2D eigenvalue weighted by atomic mass is 10.1. The summed E-state index contributed by atoms with van der Waals surface area (Å²) in [6.45, 7) is 1.56. The molecule has 0 heterocycles. The summed E-state index contributed by atoms with van der Waals surface area (Å²) in [6.07, 6.45) is -0.874. The first kappa shape index (κ1) is 20.8. The van der Waals surface area contributed by atoms with Gasteiger partial charge in [0.1, 0.15) is 11.5 Å². The number of ether oxygens (including phenoxy) is 4. The Kier molecular flexibility index (Phi) is 6.97. The fourth-order valence-electron chi connectivity index (χ4n) is 2.33. The standard InChI is InChI=1S/C20H21NO7/c1-12(28-15-8-6-14(25-2)7-9-15)18(22)21-17-11-13(19(23)26-3)5-10-16(17)20(24)27-4/h5-12H,1-4H3,(H,21,22)/t12-/m0/s1. The molecule has 1 N–H and O–H groups in total. The van der Waals surface area contributed by atoms with E-state index >= 15 is 0 Å². The quantitative estimate of drug-likeness (QED) is 0.729. The van der Waals surface area contributed by atoms with Gasteiger partial charge in [-0.25, -0.2) is 9.59 Å². The molecule has 0 fully saturated rings. The number of rotatable bonds is 7. The molecule has 0 aromatic heterocycles. The first-order valence-electron chi connectivity index (χ1n) is 8.31. The van der Waals surface area contributed by atoms with Crippen LogP contribution in [0.2, 0.25) is 0 Å². The summed E-state index contributed by atoms with van der Waals surface area (Å²) in [7, 11) is 4.00. The number of anilines is 1. The van der Waals surface area contributed by atoms with E-state index in [4.69, 9.17) is 14.2 Å². The van der Waals surface area contributed by atoms with Gasteiger partial charge in [-0.1, -0.05) is 0 Å². The molecule has 0 saturated heterocycles. The van der Waals surface area contributed by atoms with Gasteiger partial charge in [-0.3, -0.25) is 4.79 Å². The van der Waals surface area contributed by atoms with Gasteiger partial charge in [0.15, 0.2) is 6.10 Å². The summed E-state index contributed by atoms with van der Waals surface area (Å²) in [6, 6.07) is 10.9. The first-order chi connectivity index (χ1) is 13.4. The van der Waals surface area contributed by atoms with Crippen LogP contribution in [0.15, 0.2) is 42.5 Å². The Morgan fingerprint density at radius 1 is 0.857 bits per heavy atom. The van der Waals surface area contributed by atoms with Crippen molar-refractivity contribution in [3.63, 3.8) is 0 Å². The molecule has 2 aromatic carbocycles. The molecular formula is C20H21NO7. The van der Waals surface area contributed by atoms with Gasteiger partial charge < -0.3 is 24.3 Å². The highest BCUT2D eigenvalue weighted by Gasteiger charge is 2.21. The van der Waals surface area contributed by atoms with E-state index in [0.717, 1.165) is 0 Å². The SMILES string of the molecule is COC(=O)c1ccc(C(=O)OC)c(NC(=O)[C@H](C)Oc2ccc(OC)cc2)c1. The molecule has 1 amide bonds. The Balaban J connectivity index is 2.19. The van der Waals surface area contributed by atoms with Crippen LogP contribution in [-0.2, 0) is 14.3 Å². The van der Waals surface area contributed by atoms with E-state index in [1.807, 2.05) is 0 Å². The van der Waals surface area contributed by atoms with E-state index in [2.05, 4.69) is 10.1 Å². The molecule has 0 radical (unpaired) electrons. The van der Waals surface area contributed by atoms with Gasteiger partial charge >= 0.3 is 11.9 Å². The zero-order chi connectivity index (χ0) is 20.7. The average molecular weight is 387 g/mol. The molecule has 0 spiro atoms. The zero-order valence-electron chi connectivity index (χ0n) is 16.0. The predicted octanol–water partition coefficient (Wildman–Crippen LogP) is 2.67. The summed E-state index contributed by atoms with van der Waals surface area (Å²) < 4.78 is 20.0. The highest BCUT2D eigenvalue weighted by molar-refractivity contribution is 6.04. The maximum atomic E-state index is 12.5. The van der Waals surface area contributed by atoms with Crippen LogP contribution < -0.4 is 14.8 Å². The fraction of sp³-hybridized carbons (Fsp3) is 0.250. The number of methoxy groups -OCH3 is 3. The van der Waals surface area contributed by atoms with Crippen LogP contribution >= 0.6 is 0 Å². The maximum absolute atomic E-state index is 12.5. The highest BCUT2D eigenvalue weighted by Crippen LogP contribution is 2.22. The lowest BCUT2D eigenvalue weighted by molar-refractivity contribution is -0.122. The van der Waals surface area contributed by atoms with Crippen molar-refractivity contribution in [1.82, 2.24) is 0 Å². The largest absolute Gasteiger partial charge is 0.497 e. The summed E-state index contributed by atoms with van der Waals surface area (Å²) in [5.74, 6) is -0.639. The molecule has 0 aliphatic rings. The molecule has 0 saturated carbocycles. The van der Waals surface area contributed by atoms with E-state index in [1.165, 1.54) is 32.4 Å². The molecule has 8 heteroatoms. The molecule has 0 aliphatic carbocycles. The van der Waals surface area contributed by atoms with Crippen LogP contribution in [0.1, 0.15) is 27.6 Å². The molecule has 148 valence electrons. The van der Waals surface area contributed by atoms with Crippen LogP contribution in [-0.4, -0.2) is 45.3 Å². The molecule has 8 nitrogen and oxygen atoms in total. The average Bonchev–Trinajstić information content (AvgIpc) is 2.72. The van der Waals surface area contributed by atoms with E-state index in [1.54, 1.807) is 38.3 Å². The van der Waals surface area contributed by atoms with Gasteiger partial charge in [0.25, 0.3) is 5.91 Å². The number of amides is 1.